The van der Waals surface area contributed by atoms with Crippen molar-refractivity contribution < 1.29 is 18.7 Å². The van der Waals surface area contributed by atoms with E-state index in [1.165, 1.54) is 6.92 Å². The zero-order valence-electron chi connectivity index (χ0n) is 15.4. The van der Waals surface area contributed by atoms with Crippen molar-refractivity contribution in [1.82, 2.24) is 19.5 Å². The Morgan fingerprint density at radius 2 is 2.14 bits per heavy atom. The number of esters is 1. The van der Waals surface area contributed by atoms with Crippen LogP contribution in [0.25, 0.3) is 11.2 Å². The summed E-state index contributed by atoms with van der Waals surface area (Å²) < 4.78 is 26.6. The molecule has 0 bridgehead atoms. The van der Waals surface area contributed by atoms with Gasteiger partial charge in [-0.2, -0.15) is 14.4 Å². The molecule has 3 aromatic rings. The number of benzene rings is 1. The lowest BCUT2D eigenvalue weighted by atomic mass is 10.2. The van der Waals surface area contributed by atoms with Gasteiger partial charge in [0.2, 0.25) is 0 Å². The molecule has 0 amide bonds. The molecule has 8 nitrogen and oxygen atoms in total. The second-order valence-electron chi connectivity index (χ2n) is 6.58. The quantitative estimate of drug-likeness (QED) is 0.410. The highest BCUT2D eigenvalue weighted by molar-refractivity contribution is 5.82. The third-order valence-corrected chi connectivity index (χ3v) is 4.50. The van der Waals surface area contributed by atoms with Gasteiger partial charge >= 0.3 is 12.0 Å². The van der Waals surface area contributed by atoms with Crippen LogP contribution in [-0.4, -0.2) is 32.1 Å². The van der Waals surface area contributed by atoms with Crippen LogP contribution in [0.3, 0.4) is 0 Å². The van der Waals surface area contributed by atoms with E-state index in [2.05, 4.69) is 20.3 Å². The molecule has 1 fully saturated rings. The lowest BCUT2D eigenvalue weighted by Crippen LogP contribution is -2.18. The van der Waals surface area contributed by atoms with Crippen LogP contribution in [0.2, 0.25) is 0 Å². The molecule has 2 aromatic heterocycles. The summed E-state index contributed by atoms with van der Waals surface area (Å²) in [5, 5.41) is 3.11. The largest absolute Gasteiger partial charge is 0.427 e. The molecule has 146 valence electrons. The third-order valence-electron chi connectivity index (χ3n) is 4.50. The monoisotopic (exact) mass is 385 g/mol. The van der Waals surface area contributed by atoms with Crippen LogP contribution in [-0.2, 0) is 16.1 Å². The first kappa shape index (κ1) is 18.3. The van der Waals surface area contributed by atoms with E-state index >= 15 is 0 Å². The maximum atomic E-state index is 14.0. The summed E-state index contributed by atoms with van der Waals surface area (Å²) in [6, 6.07) is 7.02. The fourth-order valence-electron chi connectivity index (χ4n) is 3.19. The number of imidazole rings is 1. The van der Waals surface area contributed by atoms with Crippen molar-refractivity contribution in [3.63, 3.8) is 0 Å². The summed E-state index contributed by atoms with van der Waals surface area (Å²) in [5.74, 6) is 0.418. The molecule has 9 heteroatoms. The molecule has 0 saturated carbocycles. The predicted octanol–water partition coefficient (Wildman–Crippen LogP) is 3.20. The number of hydrogen-bond donors (Lipinski definition) is 1. The third kappa shape index (κ3) is 3.94. The molecule has 28 heavy (non-hydrogen) atoms. The molecule has 0 aliphatic carbocycles. The Bertz CT molecular complexity index is 983. The summed E-state index contributed by atoms with van der Waals surface area (Å²) in [4.78, 5) is 23.1. The molecule has 1 saturated heterocycles. The molecule has 3 heterocycles. The normalized spacial score (nSPS) is 16.9. The summed E-state index contributed by atoms with van der Waals surface area (Å²) in [6.07, 6.45) is 3.53. The molecule has 1 aromatic carbocycles. The SMILES string of the molecule is CC(=O)Oc1ccc(CNc2nc(F)nc3c2ncn3C2CCCCO2)cc1. The first-order valence-corrected chi connectivity index (χ1v) is 9.13. The second-order valence-corrected chi connectivity index (χ2v) is 6.58. The first-order valence-electron chi connectivity index (χ1n) is 9.13. The predicted molar refractivity (Wildman–Crippen MR) is 99.2 cm³/mol. The highest BCUT2D eigenvalue weighted by Gasteiger charge is 2.21. The Kier molecular flexibility index (Phi) is 5.16. The second kappa shape index (κ2) is 7.89. The topological polar surface area (TPSA) is 91.2 Å². The van der Waals surface area contributed by atoms with E-state index in [1.54, 1.807) is 23.0 Å². The van der Waals surface area contributed by atoms with Crippen molar-refractivity contribution in [3.05, 3.63) is 42.2 Å². The van der Waals surface area contributed by atoms with Gasteiger partial charge in [-0.15, -0.1) is 0 Å². The van der Waals surface area contributed by atoms with Gasteiger partial charge in [-0.05, 0) is 37.0 Å². The Morgan fingerprint density at radius 1 is 1.32 bits per heavy atom. The molecule has 1 atom stereocenters. The van der Waals surface area contributed by atoms with Crippen LogP contribution in [0, 0.1) is 6.08 Å². The number of anilines is 1. The molecule has 1 N–H and O–H groups in total. The maximum absolute atomic E-state index is 14.0. The number of aromatic nitrogens is 4. The zero-order chi connectivity index (χ0) is 19.5. The summed E-state index contributed by atoms with van der Waals surface area (Å²) >= 11 is 0. The minimum atomic E-state index is -0.822. The average molecular weight is 385 g/mol. The Balaban J connectivity index is 1.53. The first-order chi connectivity index (χ1) is 13.6. The lowest BCUT2D eigenvalue weighted by molar-refractivity contribution is -0.131. The van der Waals surface area contributed by atoms with E-state index in [9.17, 15) is 9.18 Å². The Hall–Kier alpha value is -3.07. The highest BCUT2D eigenvalue weighted by Crippen LogP contribution is 2.28. The van der Waals surface area contributed by atoms with Gasteiger partial charge in [0.1, 0.15) is 12.0 Å². The van der Waals surface area contributed by atoms with Gasteiger partial charge in [-0.1, -0.05) is 12.1 Å². The van der Waals surface area contributed by atoms with Gasteiger partial charge in [0, 0.05) is 20.1 Å². The number of rotatable bonds is 5. The van der Waals surface area contributed by atoms with Gasteiger partial charge in [0.15, 0.2) is 17.0 Å². The van der Waals surface area contributed by atoms with Gasteiger partial charge in [-0.25, -0.2) is 4.98 Å². The minimum absolute atomic E-state index is 0.185. The average Bonchev–Trinajstić information content (AvgIpc) is 3.11. The van der Waals surface area contributed by atoms with Crippen LogP contribution in [0.15, 0.2) is 30.6 Å². The van der Waals surface area contributed by atoms with E-state index in [0.717, 1.165) is 24.8 Å². The van der Waals surface area contributed by atoms with Crippen molar-refractivity contribution >= 4 is 23.0 Å². The van der Waals surface area contributed by atoms with E-state index in [4.69, 9.17) is 9.47 Å². The molecular weight excluding hydrogens is 365 g/mol. The molecule has 0 spiro atoms. The van der Waals surface area contributed by atoms with Gasteiger partial charge in [0.25, 0.3) is 0 Å². The van der Waals surface area contributed by atoms with Gasteiger partial charge in [0.05, 0.1) is 6.33 Å². The number of ether oxygens (including phenoxy) is 2. The summed E-state index contributed by atoms with van der Waals surface area (Å²) in [5.41, 5.74) is 1.82. The van der Waals surface area contributed by atoms with E-state index < -0.39 is 6.08 Å². The summed E-state index contributed by atoms with van der Waals surface area (Å²) in [6.45, 7) is 2.42. The number of hydrogen-bond acceptors (Lipinski definition) is 7. The number of nitrogens with zero attached hydrogens (tertiary/aromatic N) is 4. The van der Waals surface area contributed by atoms with Crippen LogP contribution < -0.4 is 10.1 Å². The minimum Gasteiger partial charge on any atom is -0.427 e. The Morgan fingerprint density at radius 3 is 2.86 bits per heavy atom. The number of carbonyl (C=O) groups is 1. The van der Waals surface area contributed by atoms with E-state index in [0.29, 0.717) is 35.9 Å². The number of halogens is 1. The van der Waals surface area contributed by atoms with Crippen LogP contribution in [0.4, 0.5) is 10.2 Å². The molecule has 1 aliphatic rings. The van der Waals surface area contributed by atoms with Crippen molar-refractivity contribution in [2.75, 3.05) is 11.9 Å². The van der Waals surface area contributed by atoms with E-state index in [1.807, 2.05) is 12.1 Å². The van der Waals surface area contributed by atoms with Crippen molar-refractivity contribution in [1.29, 1.82) is 0 Å². The van der Waals surface area contributed by atoms with Crippen molar-refractivity contribution in [2.24, 2.45) is 0 Å². The standard InChI is InChI=1S/C19H20FN5O3/c1-12(26)28-14-7-5-13(6-8-14)10-21-17-16-18(24-19(20)23-17)25(11-22-16)15-4-2-3-9-27-15/h5-8,11,15H,2-4,9-10H2,1H3,(H,21,23,24). The maximum Gasteiger partial charge on any atom is 0.312 e. The fraction of sp³-hybridized carbons (Fsp3) is 0.368. The Labute approximate surface area is 160 Å². The number of fused-ring (bicyclic) bond motifs is 1. The van der Waals surface area contributed by atoms with Crippen molar-refractivity contribution in [3.8, 4) is 5.75 Å². The van der Waals surface area contributed by atoms with Gasteiger partial charge < -0.3 is 14.8 Å². The highest BCUT2D eigenvalue weighted by atomic mass is 19.1. The van der Waals surface area contributed by atoms with E-state index in [-0.39, 0.29) is 12.2 Å². The lowest BCUT2D eigenvalue weighted by Gasteiger charge is -2.23. The number of carbonyl (C=O) groups excluding carboxylic acids is 1. The summed E-state index contributed by atoms with van der Waals surface area (Å²) in [7, 11) is 0. The fourth-order valence-corrected chi connectivity index (χ4v) is 3.19. The molecule has 1 aliphatic heterocycles. The zero-order valence-corrected chi connectivity index (χ0v) is 15.4. The molecule has 4 rings (SSSR count). The van der Waals surface area contributed by atoms with Gasteiger partial charge in [-0.3, -0.25) is 9.36 Å². The molecule has 0 radical (unpaired) electrons. The van der Waals surface area contributed by atoms with Crippen molar-refractivity contribution in [2.45, 2.75) is 39.0 Å². The number of nitrogens with one attached hydrogen (secondary N) is 1. The smallest absolute Gasteiger partial charge is 0.312 e. The molecule has 1 unspecified atom stereocenters. The van der Waals surface area contributed by atoms with Crippen LogP contribution in [0.5, 0.6) is 5.75 Å². The van der Waals surface area contributed by atoms with Crippen LogP contribution >= 0.6 is 0 Å². The molecular formula is C19H20FN5O3. The van der Waals surface area contributed by atoms with Crippen LogP contribution in [0.1, 0.15) is 38.0 Å².